The number of carbonyl (C=O) groups is 1. The van der Waals surface area contributed by atoms with Crippen LogP contribution in [0.3, 0.4) is 0 Å². The summed E-state index contributed by atoms with van der Waals surface area (Å²) < 4.78 is 11.8. The highest BCUT2D eigenvalue weighted by Gasteiger charge is 2.25. The predicted molar refractivity (Wildman–Crippen MR) is 138 cm³/mol. The van der Waals surface area contributed by atoms with E-state index in [9.17, 15) is 4.79 Å². The number of hydrogen-bond donors (Lipinski definition) is 1. The number of methoxy groups -OCH3 is 1. The van der Waals surface area contributed by atoms with Crippen molar-refractivity contribution in [3.8, 4) is 23.8 Å². The molecule has 1 heterocycles. The Kier molecular flexibility index (Phi) is 7.48. The Morgan fingerprint density at radius 2 is 2.06 bits per heavy atom. The van der Waals surface area contributed by atoms with Gasteiger partial charge in [0.25, 0.3) is 5.91 Å². The smallest absolute Gasteiger partial charge is 0.259 e. The fraction of sp³-hybridized carbons (Fsp3) is 0.231. The first-order chi connectivity index (χ1) is 16.1. The monoisotopic (exact) mass is 522 g/mol. The normalized spacial score (nSPS) is 12.8. The number of aryl methyl sites for hydroxylation is 1. The molecular formula is C26H23BrN2O3S. The first-order valence-corrected chi connectivity index (χ1v) is 12.2. The quantitative estimate of drug-likeness (QED) is 0.288. The molecule has 0 aliphatic heterocycles. The average Bonchev–Trinajstić information content (AvgIpc) is 3.21. The number of hydrogen-bond acceptors (Lipinski definition) is 5. The van der Waals surface area contributed by atoms with Crippen LogP contribution in [0.2, 0.25) is 0 Å². The predicted octanol–water partition coefficient (Wildman–Crippen LogP) is 6.41. The van der Waals surface area contributed by atoms with Crippen LogP contribution in [0.4, 0.5) is 10.7 Å². The van der Waals surface area contributed by atoms with Crippen molar-refractivity contribution >= 4 is 50.1 Å². The Balaban J connectivity index is 1.67. The summed E-state index contributed by atoms with van der Waals surface area (Å²) in [6, 6.07) is 13.2. The number of para-hydroxylation sites is 1. The summed E-state index contributed by atoms with van der Waals surface area (Å²) in [7, 11) is 1.57. The molecule has 0 unspecified atom stereocenters. The van der Waals surface area contributed by atoms with Gasteiger partial charge in [0.1, 0.15) is 11.6 Å². The van der Waals surface area contributed by atoms with Crippen molar-refractivity contribution < 1.29 is 14.3 Å². The summed E-state index contributed by atoms with van der Waals surface area (Å²) in [5, 5.41) is 3.74. The molecule has 0 fully saturated rings. The topological polar surface area (TPSA) is 59.9 Å². The Bertz CT molecular complexity index is 1230. The number of rotatable bonds is 7. The van der Waals surface area contributed by atoms with Crippen LogP contribution in [-0.2, 0) is 12.8 Å². The summed E-state index contributed by atoms with van der Waals surface area (Å²) in [6.07, 6.45) is 11.2. The van der Waals surface area contributed by atoms with Crippen molar-refractivity contribution in [2.45, 2.75) is 25.7 Å². The van der Waals surface area contributed by atoms with E-state index in [0.29, 0.717) is 21.5 Å². The van der Waals surface area contributed by atoms with Gasteiger partial charge in [-0.3, -0.25) is 4.79 Å². The molecule has 168 valence electrons. The van der Waals surface area contributed by atoms with Crippen molar-refractivity contribution in [3.63, 3.8) is 0 Å². The van der Waals surface area contributed by atoms with E-state index in [1.165, 1.54) is 4.88 Å². The van der Waals surface area contributed by atoms with Gasteiger partial charge in [0.05, 0.1) is 17.1 Å². The van der Waals surface area contributed by atoms with Crippen LogP contribution in [0.25, 0.3) is 0 Å². The number of carbonyl (C=O) groups excluding carboxylic acids is 1. The van der Waals surface area contributed by atoms with E-state index in [1.807, 2.05) is 42.5 Å². The SMILES string of the molecule is C#CCOc1c(Br)cc(/C=N\c2sc3c(c2C(=O)Nc2ccccc2)CCCC3)cc1OC. The Morgan fingerprint density at radius 3 is 2.82 bits per heavy atom. The standard InChI is InChI=1S/C26H23BrN2O3S/c1-3-13-32-24-20(27)14-17(15-21(24)31-2)16-28-26-23(19-11-7-8-12-22(19)33-26)25(30)29-18-9-5-4-6-10-18/h1,4-6,9-10,14-16H,7-8,11-13H2,2H3,(H,29,30)/b28-16-. The molecule has 1 aromatic heterocycles. The van der Waals surface area contributed by atoms with Crippen molar-refractivity contribution in [1.82, 2.24) is 0 Å². The van der Waals surface area contributed by atoms with Gasteiger partial charge < -0.3 is 14.8 Å². The minimum Gasteiger partial charge on any atom is -0.493 e. The number of anilines is 1. The fourth-order valence-corrected chi connectivity index (χ4v) is 5.60. The number of aliphatic imine (C=N–C) groups is 1. The molecule has 4 rings (SSSR count). The van der Waals surface area contributed by atoms with Crippen LogP contribution in [0.15, 0.2) is 51.9 Å². The summed E-state index contributed by atoms with van der Waals surface area (Å²) in [4.78, 5) is 19.2. The summed E-state index contributed by atoms with van der Waals surface area (Å²) in [6.45, 7) is 0.142. The lowest BCUT2D eigenvalue weighted by Crippen LogP contribution is -2.14. The minimum absolute atomic E-state index is 0.121. The lowest BCUT2D eigenvalue weighted by Gasteiger charge is -2.13. The van der Waals surface area contributed by atoms with Crippen LogP contribution < -0.4 is 14.8 Å². The molecule has 33 heavy (non-hydrogen) atoms. The average molecular weight is 523 g/mol. The molecule has 1 amide bonds. The zero-order valence-electron chi connectivity index (χ0n) is 18.2. The highest BCUT2D eigenvalue weighted by molar-refractivity contribution is 9.10. The maximum atomic E-state index is 13.2. The Hall–Kier alpha value is -3.08. The third-order valence-corrected chi connectivity index (χ3v) is 7.08. The molecular weight excluding hydrogens is 500 g/mol. The third-order valence-electron chi connectivity index (χ3n) is 5.29. The van der Waals surface area contributed by atoms with Gasteiger partial charge >= 0.3 is 0 Å². The second kappa shape index (κ2) is 10.7. The number of amides is 1. The Morgan fingerprint density at radius 1 is 1.27 bits per heavy atom. The number of fused-ring (bicyclic) bond motifs is 1. The molecule has 0 bridgehead atoms. The molecule has 7 heteroatoms. The second-order valence-electron chi connectivity index (χ2n) is 7.50. The van der Waals surface area contributed by atoms with E-state index in [1.54, 1.807) is 24.7 Å². The maximum absolute atomic E-state index is 13.2. The van der Waals surface area contributed by atoms with Gasteiger partial charge in [0, 0.05) is 16.8 Å². The fourth-order valence-electron chi connectivity index (χ4n) is 3.79. The van der Waals surface area contributed by atoms with Crippen LogP contribution in [-0.4, -0.2) is 25.8 Å². The molecule has 2 aromatic carbocycles. The third kappa shape index (κ3) is 5.29. The van der Waals surface area contributed by atoms with E-state index >= 15 is 0 Å². The van der Waals surface area contributed by atoms with Gasteiger partial charge in [0.15, 0.2) is 11.5 Å². The number of ether oxygens (including phenoxy) is 2. The summed E-state index contributed by atoms with van der Waals surface area (Å²) in [5.41, 5.74) is 3.38. The number of nitrogens with zero attached hydrogens (tertiary/aromatic N) is 1. The van der Waals surface area contributed by atoms with Gasteiger partial charge in [-0.15, -0.1) is 17.8 Å². The number of benzene rings is 2. The largest absolute Gasteiger partial charge is 0.493 e. The molecule has 0 saturated heterocycles. The zero-order chi connectivity index (χ0) is 23.2. The van der Waals surface area contributed by atoms with Gasteiger partial charge in [-0.1, -0.05) is 24.1 Å². The maximum Gasteiger partial charge on any atom is 0.259 e. The first kappa shape index (κ1) is 23.1. The number of halogens is 1. The molecule has 0 atom stereocenters. The van der Waals surface area contributed by atoms with Gasteiger partial charge in [-0.2, -0.15) is 0 Å². The van der Waals surface area contributed by atoms with E-state index in [-0.39, 0.29) is 12.5 Å². The van der Waals surface area contributed by atoms with Crippen molar-refractivity contribution in [1.29, 1.82) is 0 Å². The lowest BCUT2D eigenvalue weighted by molar-refractivity contribution is 0.102. The van der Waals surface area contributed by atoms with E-state index in [4.69, 9.17) is 20.9 Å². The van der Waals surface area contributed by atoms with E-state index in [2.05, 4.69) is 27.2 Å². The molecule has 0 saturated carbocycles. The van der Waals surface area contributed by atoms with E-state index in [0.717, 1.165) is 47.5 Å². The molecule has 1 aliphatic rings. The molecule has 1 N–H and O–H groups in total. The second-order valence-corrected chi connectivity index (χ2v) is 9.43. The summed E-state index contributed by atoms with van der Waals surface area (Å²) >= 11 is 5.12. The van der Waals surface area contributed by atoms with Gasteiger partial charge in [-0.25, -0.2) is 4.99 Å². The minimum atomic E-state index is -0.121. The molecule has 0 spiro atoms. The lowest BCUT2D eigenvalue weighted by atomic mass is 9.95. The molecule has 5 nitrogen and oxygen atoms in total. The molecule has 0 radical (unpaired) electrons. The number of terminal acetylenes is 1. The van der Waals surface area contributed by atoms with Crippen LogP contribution >= 0.6 is 27.3 Å². The van der Waals surface area contributed by atoms with Gasteiger partial charge in [-0.05, 0) is 77.0 Å². The van der Waals surface area contributed by atoms with Crippen LogP contribution in [0.1, 0.15) is 39.2 Å². The zero-order valence-corrected chi connectivity index (χ0v) is 20.6. The summed E-state index contributed by atoms with van der Waals surface area (Å²) in [5.74, 6) is 3.42. The van der Waals surface area contributed by atoms with Gasteiger partial charge in [0.2, 0.25) is 0 Å². The van der Waals surface area contributed by atoms with Crippen LogP contribution in [0.5, 0.6) is 11.5 Å². The number of nitrogens with one attached hydrogen (secondary N) is 1. The highest BCUT2D eigenvalue weighted by Crippen LogP contribution is 2.41. The first-order valence-electron chi connectivity index (χ1n) is 10.6. The van der Waals surface area contributed by atoms with Crippen molar-refractivity contribution in [2.75, 3.05) is 19.0 Å². The number of thiophene rings is 1. The van der Waals surface area contributed by atoms with Crippen molar-refractivity contribution in [2.24, 2.45) is 4.99 Å². The van der Waals surface area contributed by atoms with Crippen molar-refractivity contribution in [3.05, 3.63) is 68.5 Å². The Labute approximate surface area is 206 Å². The molecule has 1 aliphatic carbocycles. The van der Waals surface area contributed by atoms with E-state index < -0.39 is 0 Å². The highest BCUT2D eigenvalue weighted by atomic mass is 79.9. The molecule has 3 aromatic rings. The van der Waals surface area contributed by atoms with Crippen LogP contribution in [0, 0.1) is 12.3 Å².